The maximum Gasteiger partial charge on any atom is 0.260 e. The van der Waals surface area contributed by atoms with E-state index in [4.69, 9.17) is 4.52 Å². The number of nitrogens with one attached hydrogen (secondary N) is 1. The van der Waals surface area contributed by atoms with E-state index in [9.17, 15) is 4.79 Å². The van der Waals surface area contributed by atoms with Crippen molar-refractivity contribution in [1.82, 2.24) is 20.3 Å². The zero-order valence-electron chi connectivity index (χ0n) is 14.8. The van der Waals surface area contributed by atoms with Crippen molar-refractivity contribution in [1.29, 1.82) is 0 Å². The molecule has 0 spiro atoms. The number of carbonyl (C=O) groups excluding carboxylic acids is 1. The number of hydrogen-bond acceptors (Lipinski definition) is 8. The number of hydrogen-bond donors (Lipinski definition) is 1. The molecule has 0 aliphatic carbocycles. The molecule has 0 aliphatic rings. The van der Waals surface area contributed by atoms with E-state index in [1.807, 2.05) is 13.8 Å². The molecular formula is C17H19N5O2S2. The van der Waals surface area contributed by atoms with Gasteiger partial charge in [-0.15, -0.1) is 22.0 Å². The van der Waals surface area contributed by atoms with Gasteiger partial charge in [0.15, 0.2) is 0 Å². The molecule has 0 aromatic carbocycles. The Morgan fingerprint density at radius 2 is 2.19 bits per heavy atom. The number of amides is 1. The van der Waals surface area contributed by atoms with Crippen LogP contribution in [0.4, 0.5) is 5.13 Å². The molecule has 3 aromatic rings. The molecule has 0 radical (unpaired) electrons. The van der Waals surface area contributed by atoms with E-state index in [1.165, 1.54) is 23.1 Å². The summed E-state index contributed by atoms with van der Waals surface area (Å²) in [5.74, 6) is 1.19. The zero-order valence-corrected chi connectivity index (χ0v) is 16.4. The second kappa shape index (κ2) is 8.41. The van der Waals surface area contributed by atoms with Crippen molar-refractivity contribution >= 4 is 34.1 Å². The molecule has 1 amide bonds. The number of aryl methyl sites for hydroxylation is 3. The van der Waals surface area contributed by atoms with Crippen molar-refractivity contribution in [3.63, 3.8) is 0 Å². The number of nitrogens with zero attached hydrogens (tertiary/aromatic N) is 4. The molecule has 1 N–H and O–H groups in total. The third-order valence-electron chi connectivity index (χ3n) is 3.70. The zero-order chi connectivity index (χ0) is 18.5. The van der Waals surface area contributed by atoms with Crippen LogP contribution < -0.4 is 5.32 Å². The second-order valence-corrected chi connectivity index (χ2v) is 7.68. The molecule has 0 unspecified atom stereocenters. The van der Waals surface area contributed by atoms with Crippen LogP contribution in [0.25, 0.3) is 0 Å². The van der Waals surface area contributed by atoms with E-state index < -0.39 is 0 Å². The summed E-state index contributed by atoms with van der Waals surface area (Å²) < 4.78 is 5.19. The molecule has 26 heavy (non-hydrogen) atoms. The minimum atomic E-state index is -0.237. The van der Waals surface area contributed by atoms with Crippen LogP contribution in [0.1, 0.15) is 45.7 Å². The maximum atomic E-state index is 12.6. The predicted octanol–water partition coefficient (Wildman–Crippen LogP) is 4.04. The topological polar surface area (TPSA) is 93.8 Å². The first-order valence-electron chi connectivity index (χ1n) is 8.21. The van der Waals surface area contributed by atoms with E-state index in [1.54, 1.807) is 18.3 Å². The largest absolute Gasteiger partial charge is 0.361 e. The highest BCUT2D eigenvalue weighted by Gasteiger charge is 2.17. The molecule has 3 heterocycles. The first-order valence-corrected chi connectivity index (χ1v) is 10.0. The fourth-order valence-corrected chi connectivity index (χ4v) is 4.29. The van der Waals surface area contributed by atoms with Gasteiger partial charge in [0.2, 0.25) is 5.13 Å². The van der Waals surface area contributed by atoms with Crippen molar-refractivity contribution in [2.75, 3.05) is 5.32 Å². The highest BCUT2D eigenvalue weighted by Crippen LogP contribution is 2.28. The van der Waals surface area contributed by atoms with Crippen LogP contribution in [0.3, 0.4) is 0 Å². The van der Waals surface area contributed by atoms with Crippen molar-refractivity contribution in [2.45, 2.75) is 44.4 Å². The summed E-state index contributed by atoms with van der Waals surface area (Å²) >= 11 is 2.88. The van der Waals surface area contributed by atoms with Crippen LogP contribution in [0.15, 0.2) is 27.9 Å². The Morgan fingerprint density at radius 3 is 2.92 bits per heavy atom. The molecule has 0 aliphatic heterocycles. The fourth-order valence-electron chi connectivity index (χ4n) is 2.31. The summed E-state index contributed by atoms with van der Waals surface area (Å²) in [4.78, 5) is 17.0. The number of rotatable bonds is 7. The van der Waals surface area contributed by atoms with Gasteiger partial charge in [0, 0.05) is 23.9 Å². The maximum absolute atomic E-state index is 12.6. The highest BCUT2D eigenvalue weighted by atomic mass is 32.2. The molecule has 7 nitrogen and oxygen atoms in total. The lowest BCUT2D eigenvalue weighted by Crippen LogP contribution is -2.13. The van der Waals surface area contributed by atoms with E-state index in [-0.39, 0.29) is 5.91 Å². The molecular weight excluding hydrogens is 370 g/mol. The van der Waals surface area contributed by atoms with E-state index in [0.717, 1.165) is 34.9 Å². The van der Waals surface area contributed by atoms with Gasteiger partial charge in [-0.25, -0.2) is 4.98 Å². The van der Waals surface area contributed by atoms with Gasteiger partial charge in [-0.05, 0) is 32.4 Å². The number of pyridine rings is 1. The SMILES string of the molecule is CCCc1nnc(NC(=O)c2cccnc2SCc2c(C)noc2C)s1. The number of anilines is 1. The van der Waals surface area contributed by atoms with Gasteiger partial charge < -0.3 is 4.52 Å². The van der Waals surface area contributed by atoms with Gasteiger partial charge in [0.05, 0.1) is 11.3 Å². The van der Waals surface area contributed by atoms with Crippen LogP contribution in [-0.4, -0.2) is 26.2 Å². The third kappa shape index (κ3) is 4.28. The Hall–Kier alpha value is -2.26. The van der Waals surface area contributed by atoms with Gasteiger partial charge in [-0.3, -0.25) is 10.1 Å². The van der Waals surface area contributed by atoms with E-state index >= 15 is 0 Å². The minimum absolute atomic E-state index is 0.237. The fraction of sp³-hybridized carbons (Fsp3) is 0.353. The summed E-state index contributed by atoms with van der Waals surface area (Å²) in [5, 5.41) is 17.0. The van der Waals surface area contributed by atoms with Crippen molar-refractivity contribution in [2.24, 2.45) is 0 Å². The lowest BCUT2D eigenvalue weighted by Gasteiger charge is -2.07. The Balaban J connectivity index is 1.72. The number of thioether (sulfide) groups is 1. The average molecular weight is 390 g/mol. The molecule has 0 bridgehead atoms. The van der Waals surface area contributed by atoms with Crippen LogP contribution in [0.5, 0.6) is 0 Å². The Morgan fingerprint density at radius 1 is 1.35 bits per heavy atom. The van der Waals surface area contributed by atoms with E-state index in [0.29, 0.717) is 21.5 Å². The van der Waals surface area contributed by atoms with Gasteiger partial charge in [0.1, 0.15) is 15.8 Å². The first-order chi connectivity index (χ1) is 12.6. The third-order valence-corrected chi connectivity index (χ3v) is 5.63. The molecule has 0 saturated carbocycles. The lowest BCUT2D eigenvalue weighted by atomic mass is 10.2. The first kappa shape index (κ1) is 18.5. The summed E-state index contributed by atoms with van der Waals surface area (Å²) in [6.45, 7) is 5.87. The molecule has 0 saturated heterocycles. The second-order valence-electron chi connectivity index (χ2n) is 5.65. The van der Waals surface area contributed by atoms with Gasteiger partial charge in [-0.1, -0.05) is 23.4 Å². The van der Waals surface area contributed by atoms with Crippen LogP contribution in [-0.2, 0) is 12.2 Å². The standard InChI is InChI=1S/C17H19N5O2S2/c1-4-6-14-20-21-17(26-14)19-15(23)12-7-5-8-18-16(12)25-9-13-10(2)22-24-11(13)3/h5,7-8H,4,6,9H2,1-3H3,(H,19,21,23). The Bertz CT molecular complexity index is 887. The summed E-state index contributed by atoms with van der Waals surface area (Å²) in [5.41, 5.74) is 2.39. The Labute approximate surface area is 159 Å². The number of carbonyl (C=O) groups is 1. The normalized spacial score (nSPS) is 10.9. The highest BCUT2D eigenvalue weighted by molar-refractivity contribution is 7.98. The monoisotopic (exact) mass is 389 g/mol. The van der Waals surface area contributed by atoms with Crippen molar-refractivity contribution in [3.8, 4) is 0 Å². The van der Waals surface area contributed by atoms with E-state index in [2.05, 4.69) is 32.6 Å². The summed E-state index contributed by atoms with van der Waals surface area (Å²) in [7, 11) is 0. The Kier molecular flexibility index (Phi) is 6.00. The van der Waals surface area contributed by atoms with Crippen molar-refractivity contribution in [3.05, 3.63) is 45.9 Å². The molecule has 136 valence electrons. The molecule has 0 atom stereocenters. The molecule has 0 fully saturated rings. The summed E-state index contributed by atoms with van der Waals surface area (Å²) in [6.07, 6.45) is 3.53. The predicted molar refractivity (Wildman–Crippen MR) is 102 cm³/mol. The smallest absolute Gasteiger partial charge is 0.260 e. The lowest BCUT2D eigenvalue weighted by molar-refractivity contribution is 0.102. The van der Waals surface area contributed by atoms with Crippen molar-refractivity contribution < 1.29 is 9.32 Å². The minimum Gasteiger partial charge on any atom is -0.361 e. The molecule has 3 rings (SSSR count). The van der Waals surface area contributed by atoms with Gasteiger partial charge >= 0.3 is 0 Å². The molecule has 9 heteroatoms. The van der Waals surface area contributed by atoms with Gasteiger partial charge in [0.25, 0.3) is 5.91 Å². The van der Waals surface area contributed by atoms with Crippen LogP contribution >= 0.6 is 23.1 Å². The summed E-state index contributed by atoms with van der Waals surface area (Å²) in [6, 6.07) is 3.50. The quantitative estimate of drug-likeness (QED) is 0.610. The van der Waals surface area contributed by atoms with Crippen LogP contribution in [0, 0.1) is 13.8 Å². The molecule has 3 aromatic heterocycles. The van der Waals surface area contributed by atoms with Gasteiger partial charge in [-0.2, -0.15) is 0 Å². The van der Waals surface area contributed by atoms with Crippen LogP contribution in [0.2, 0.25) is 0 Å². The average Bonchev–Trinajstić information content (AvgIpc) is 3.20. The number of aromatic nitrogens is 4.